The number of nitrogens with two attached hydrogens (primary N) is 1. The van der Waals surface area contributed by atoms with Crippen molar-refractivity contribution < 1.29 is 27.5 Å². The smallest absolute Gasteiger partial charge is 0.355 e. The van der Waals surface area contributed by atoms with E-state index in [1.54, 1.807) is 48.5 Å². The van der Waals surface area contributed by atoms with E-state index in [-0.39, 0.29) is 38.9 Å². The Kier molecular flexibility index (Phi) is 8.13. The van der Waals surface area contributed by atoms with Crippen molar-refractivity contribution in [2.75, 3.05) is 23.8 Å². The molecule has 0 saturated heterocycles. The van der Waals surface area contributed by atoms with Crippen LogP contribution in [0.15, 0.2) is 106 Å². The van der Waals surface area contributed by atoms with Crippen molar-refractivity contribution in [1.82, 2.24) is 0 Å². The van der Waals surface area contributed by atoms with Gasteiger partial charge in [0.15, 0.2) is 0 Å². The number of rotatable bonds is 7. The summed E-state index contributed by atoms with van der Waals surface area (Å²) in [6.07, 6.45) is 0. The van der Waals surface area contributed by atoms with Gasteiger partial charge >= 0.3 is 11.9 Å². The molecule has 1 aliphatic rings. The Labute approximate surface area is 235 Å². The number of sulfonamides is 1. The third-order valence-corrected chi connectivity index (χ3v) is 7.72. The summed E-state index contributed by atoms with van der Waals surface area (Å²) in [5.41, 5.74) is 7.01. The Morgan fingerprint density at radius 3 is 2.20 bits per heavy atom. The lowest BCUT2D eigenvalue weighted by Gasteiger charge is -2.35. The number of carbonyl (C=O) groups excluding carboxylic acids is 2. The van der Waals surface area contributed by atoms with E-state index in [1.165, 1.54) is 35.2 Å². The molecule has 0 spiro atoms. The molecule has 0 saturated carbocycles. The summed E-state index contributed by atoms with van der Waals surface area (Å²) in [5, 5.41) is 10.5. The number of anilines is 2. The molecule has 3 aromatic rings. The summed E-state index contributed by atoms with van der Waals surface area (Å²) in [4.78, 5) is 27.3. The SMILES string of the molecule is COC(=O)C1=C(C(=O)OC)N(c2ccc(S(=O)(=O)Nc3cccc(Cl)c3)cc2)C(N)=C(C#N)C1c1ccccc1. The molecule has 10 nitrogen and oxygen atoms in total. The first-order chi connectivity index (χ1) is 19.1. The van der Waals surface area contributed by atoms with Crippen LogP contribution in [0.4, 0.5) is 11.4 Å². The van der Waals surface area contributed by atoms with Gasteiger partial charge in [-0.05, 0) is 48.0 Å². The lowest BCUT2D eigenvalue weighted by Crippen LogP contribution is -2.40. The first kappa shape index (κ1) is 28.2. The maximum atomic E-state index is 13.1. The van der Waals surface area contributed by atoms with Crippen LogP contribution >= 0.6 is 11.6 Å². The minimum atomic E-state index is -4.01. The molecule has 0 aromatic heterocycles. The molecule has 0 fully saturated rings. The van der Waals surface area contributed by atoms with Crippen LogP contribution < -0.4 is 15.4 Å². The zero-order chi connectivity index (χ0) is 29.0. The van der Waals surface area contributed by atoms with E-state index in [2.05, 4.69) is 10.8 Å². The molecular weight excluding hydrogens is 556 g/mol. The van der Waals surface area contributed by atoms with E-state index in [1.807, 2.05) is 0 Å². The average Bonchev–Trinajstić information content (AvgIpc) is 2.96. The Morgan fingerprint density at radius 2 is 1.62 bits per heavy atom. The molecule has 0 radical (unpaired) electrons. The van der Waals surface area contributed by atoms with Crippen LogP contribution in [-0.4, -0.2) is 34.6 Å². The van der Waals surface area contributed by atoms with Gasteiger partial charge in [0, 0.05) is 10.7 Å². The molecule has 1 aliphatic heterocycles. The van der Waals surface area contributed by atoms with Crippen molar-refractivity contribution in [1.29, 1.82) is 5.26 Å². The van der Waals surface area contributed by atoms with Crippen LogP contribution in [0.3, 0.4) is 0 Å². The quantitative estimate of drug-likeness (QED) is 0.396. The molecule has 3 N–H and O–H groups in total. The molecule has 12 heteroatoms. The highest BCUT2D eigenvalue weighted by Gasteiger charge is 2.43. The summed E-state index contributed by atoms with van der Waals surface area (Å²) in [6, 6.07) is 22.2. The number of hydrogen-bond donors (Lipinski definition) is 2. The number of nitrogens with zero attached hydrogens (tertiary/aromatic N) is 2. The Bertz CT molecular complexity index is 1680. The van der Waals surface area contributed by atoms with Crippen LogP contribution in [-0.2, 0) is 29.1 Å². The van der Waals surface area contributed by atoms with Crippen molar-refractivity contribution >= 4 is 44.9 Å². The van der Waals surface area contributed by atoms with E-state index < -0.39 is 27.9 Å². The minimum absolute atomic E-state index is 0.0152. The van der Waals surface area contributed by atoms with E-state index in [4.69, 9.17) is 26.8 Å². The minimum Gasteiger partial charge on any atom is -0.466 e. The fourth-order valence-electron chi connectivity index (χ4n) is 4.32. The van der Waals surface area contributed by atoms with Gasteiger partial charge in [0.2, 0.25) is 0 Å². The third-order valence-electron chi connectivity index (χ3n) is 6.09. The molecule has 1 heterocycles. The van der Waals surface area contributed by atoms with Gasteiger partial charge < -0.3 is 15.2 Å². The van der Waals surface area contributed by atoms with Crippen LogP contribution in [0, 0.1) is 11.3 Å². The number of hydrogen-bond acceptors (Lipinski definition) is 9. The fraction of sp³-hybridized carbons (Fsp3) is 0.107. The normalized spacial score (nSPS) is 15.3. The summed E-state index contributed by atoms with van der Waals surface area (Å²) in [6.45, 7) is 0. The Morgan fingerprint density at radius 1 is 0.975 bits per heavy atom. The maximum Gasteiger partial charge on any atom is 0.355 e. The highest BCUT2D eigenvalue weighted by Crippen LogP contribution is 2.43. The maximum absolute atomic E-state index is 13.1. The predicted octanol–water partition coefficient (Wildman–Crippen LogP) is 4.04. The molecular formula is C28H23ClN4O6S. The number of halogens is 1. The van der Waals surface area contributed by atoms with Crippen LogP contribution in [0.1, 0.15) is 11.5 Å². The highest BCUT2D eigenvalue weighted by atomic mass is 35.5. The first-order valence-electron chi connectivity index (χ1n) is 11.7. The number of nitriles is 1. The predicted molar refractivity (Wildman–Crippen MR) is 148 cm³/mol. The summed E-state index contributed by atoms with van der Waals surface area (Å²) in [5.74, 6) is -2.95. The summed E-state index contributed by atoms with van der Waals surface area (Å²) >= 11 is 5.95. The monoisotopic (exact) mass is 578 g/mol. The second-order valence-electron chi connectivity index (χ2n) is 8.45. The third kappa shape index (κ3) is 5.36. The molecule has 40 heavy (non-hydrogen) atoms. The van der Waals surface area contributed by atoms with Gasteiger partial charge in [-0.1, -0.05) is 48.0 Å². The van der Waals surface area contributed by atoms with Gasteiger partial charge in [-0.3, -0.25) is 9.62 Å². The summed E-state index contributed by atoms with van der Waals surface area (Å²) < 4.78 is 38.4. The Balaban J connectivity index is 1.86. The number of carbonyl (C=O) groups is 2. The molecule has 1 unspecified atom stereocenters. The number of benzene rings is 3. The van der Waals surface area contributed by atoms with E-state index >= 15 is 0 Å². The van der Waals surface area contributed by atoms with Gasteiger partial charge in [0.05, 0.1) is 47.9 Å². The molecule has 4 rings (SSSR count). The van der Waals surface area contributed by atoms with E-state index in [9.17, 15) is 23.3 Å². The zero-order valence-electron chi connectivity index (χ0n) is 21.3. The van der Waals surface area contributed by atoms with Crippen molar-refractivity contribution in [3.63, 3.8) is 0 Å². The molecule has 0 bridgehead atoms. The van der Waals surface area contributed by atoms with Crippen molar-refractivity contribution in [3.8, 4) is 6.07 Å². The number of ether oxygens (including phenoxy) is 2. The van der Waals surface area contributed by atoms with Crippen molar-refractivity contribution in [3.05, 3.63) is 112 Å². The molecule has 0 amide bonds. The number of allylic oxidation sites excluding steroid dienone is 1. The number of esters is 2. The van der Waals surface area contributed by atoms with Gasteiger partial charge in [-0.25, -0.2) is 18.0 Å². The lowest BCUT2D eigenvalue weighted by molar-refractivity contribution is -0.139. The second-order valence-corrected chi connectivity index (χ2v) is 10.6. The van der Waals surface area contributed by atoms with Gasteiger partial charge in [-0.2, -0.15) is 5.26 Å². The van der Waals surface area contributed by atoms with Crippen LogP contribution in [0.25, 0.3) is 0 Å². The fourth-order valence-corrected chi connectivity index (χ4v) is 5.56. The van der Waals surface area contributed by atoms with Crippen LogP contribution in [0.5, 0.6) is 0 Å². The molecule has 3 aromatic carbocycles. The summed E-state index contributed by atoms with van der Waals surface area (Å²) in [7, 11) is -1.73. The lowest BCUT2D eigenvalue weighted by atomic mass is 9.81. The van der Waals surface area contributed by atoms with Crippen LogP contribution in [0.2, 0.25) is 5.02 Å². The molecule has 204 valence electrons. The van der Waals surface area contributed by atoms with Gasteiger partial charge in [0.25, 0.3) is 10.0 Å². The second kappa shape index (κ2) is 11.5. The average molecular weight is 579 g/mol. The highest BCUT2D eigenvalue weighted by molar-refractivity contribution is 7.92. The molecule has 0 aliphatic carbocycles. The first-order valence-corrected chi connectivity index (χ1v) is 13.5. The molecule has 1 atom stereocenters. The van der Waals surface area contributed by atoms with Crippen molar-refractivity contribution in [2.24, 2.45) is 5.73 Å². The Hall–Kier alpha value is -4.79. The van der Waals surface area contributed by atoms with Crippen molar-refractivity contribution in [2.45, 2.75) is 10.8 Å². The largest absolute Gasteiger partial charge is 0.466 e. The zero-order valence-corrected chi connectivity index (χ0v) is 22.9. The standard InChI is InChI=1S/C28H23ClN4O6S/c1-38-27(34)24-23(17-7-4-3-5-8-17)22(16-30)26(31)33(25(24)28(35)39-2)20-11-13-21(14-12-20)40(36,37)32-19-10-6-9-18(29)15-19/h3-15,23,32H,31H2,1-2H3. The topological polar surface area (TPSA) is 152 Å². The number of methoxy groups -OCH3 is 2. The number of nitrogens with one attached hydrogen (secondary N) is 1. The van der Waals surface area contributed by atoms with E-state index in [0.717, 1.165) is 14.2 Å². The van der Waals surface area contributed by atoms with E-state index in [0.29, 0.717) is 10.6 Å². The van der Waals surface area contributed by atoms with Gasteiger partial charge in [0.1, 0.15) is 11.5 Å². The van der Waals surface area contributed by atoms with Gasteiger partial charge in [-0.15, -0.1) is 0 Å².